The molecule has 4 N–H and O–H groups in total. The Labute approximate surface area is 99.9 Å². The van der Waals surface area contributed by atoms with Crippen molar-refractivity contribution < 1.29 is 40.2 Å². The number of hydrogen-bond donors (Lipinski definition) is 4. The number of carboxylic acids is 2. The molecular formula is C6H8MgO8. The van der Waals surface area contributed by atoms with E-state index in [2.05, 4.69) is 0 Å². The van der Waals surface area contributed by atoms with Gasteiger partial charge in [0.2, 0.25) is 0 Å². The largest absolute Gasteiger partial charge is 2.00 e. The van der Waals surface area contributed by atoms with Gasteiger partial charge in [-0.05, 0) is 0 Å². The minimum absolute atomic E-state index is 0. The molecule has 8 nitrogen and oxygen atoms in total. The molecule has 0 aromatic rings. The van der Waals surface area contributed by atoms with Crippen LogP contribution in [0.3, 0.4) is 0 Å². The first-order chi connectivity index (χ1) is 6.29. The van der Waals surface area contributed by atoms with Gasteiger partial charge in [-0.1, -0.05) is 0 Å². The van der Waals surface area contributed by atoms with Crippen LogP contribution >= 0.6 is 0 Å². The molecule has 0 rings (SSSR count). The molecule has 0 aromatic heterocycles. The third-order valence-corrected chi connectivity index (χ3v) is 1.48. The Morgan fingerprint density at radius 3 is 1.13 bits per heavy atom. The average molecular weight is 232 g/mol. The van der Waals surface area contributed by atoms with Gasteiger partial charge in [0.05, 0.1) is 11.9 Å². The molecule has 0 fully saturated rings. The molecule has 4 atom stereocenters. The molecule has 9 heteroatoms. The molecule has 15 heavy (non-hydrogen) atoms. The summed E-state index contributed by atoms with van der Waals surface area (Å²) in [7, 11) is 0. The first-order valence-electron chi connectivity index (χ1n) is 3.43. The molecule has 0 radical (unpaired) electrons. The van der Waals surface area contributed by atoms with Crippen LogP contribution in [0.2, 0.25) is 0 Å². The van der Waals surface area contributed by atoms with Crippen molar-refractivity contribution in [1.29, 1.82) is 0 Å². The fourth-order valence-corrected chi connectivity index (χ4v) is 0.652. The van der Waals surface area contributed by atoms with Gasteiger partial charge in [0, 0.05) is 0 Å². The van der Waals surface area contributed by atoms with E-state index in [-0.39, 0.29) is 23.1 Å². The zero-order valence-electron chi connectivity index (χ0n) is 7.44. The number of aliphatic hydroxyl groups is 4. The van der Waals surface area contributed by atoms with E-state index in [1.807, 2.05) is 0 Å². The monoisotopic (exact) mass is 232 g/mol. The number of carbonyl (C=O) groups excluding carboxylic acids is 2. The van der Waals surface area contributed by atoms with Gasteiger partial charge in [-0.2, -0.15) is 0 Å². The van der Waals surface area contributed by atoms with Crippen molar-refractivity contribution in [3.05, 3.63) is 0 Å². The van der Waals surface area contributed by atoms with E-state index < -0.39 is 36.4 Å². The Balaban J connectivity index is 0. The average Bonchev–Trinajstić information content (AvgIpc) is 2.12. The summed E-state index contributed by atoms with van der Waals surface area (Å²) in [6.45, 7) is 0. The van der Waals surface area contributed by atoms with Gasteiger partial charge < -0.3 is 40.2 Å². The molecule has 0 saturated carbocycles. The molecule has 0 saturated heterocycles. The summed E-state index contributed by atoms with van der Waals surface area (Å²) in [6, 6.07) is 0. The predicted molar refractivity (Wildman–Crippen MR) is 39.8 cm³/mol. The SMILES string of the molecule is O=C([O-])[C@@H](O)[C@H](O)[C@H](O)[C@@H](O)C(=O)[O-].[Mg+2]. The summed E-state index contributed by atoms with van der Waals surface area (Å²) < 4.78 is 0. The Morgan fingerprint density at radius 2 is 1.00 bits per heavy atom. The van der Waals surface area contributed by atoms with Crippen LogP contribution in [-0.4, -0.2) is 79.8 Å². The van der Waals surface area contributed by atoms with Crippen LogP contribution in [0.15, 0.2) is 0 Å². The number of hydrogen-bond acceptors (Lipinski definition) is 8. The quantitative estimate of drug-likeness (QED) is 0.340. The van der Waals surface area contributed by atoms with Gasteiger partial charge in [-0.3, -0.25) is 0 Å². The summed E-state index contributed by atoms with van der Waals surface area (Å²) in [4.78, 5) is 19.9. The van der Waals surface area contributed by atoms with Crippen molar-refractivity contribution in [2.45, 2.75) is 24.4 Å². The molecular weight excluding hydrogens is 224 g/mol. The molecule has 0 aliphatic rings. The smallest absolute Gasteiger partial charge is 0.547 e. The molecule has 0 aromatic carbocycles. The van der Waals surface area contributed by atoms with Crippen LogP contribution in [0.5, 0.6) is 0 Å². The maximum Gasteiger partial charge on any atom is 2.00 e. The van der Waals surface area contributed by atoms with E-state index in [4.69, 9.17) is 20.4 Å². The van der Waals surface area contributed by atoms with Gasteiger partial charge in [0.15, 0.2) is 0 Å². The van der Waals surface area contributed by atoms with E-state index in [9.17, 15) is 19.8 Å². The standard InChI is InChI=1S/C6H10O8.Mg/c7-1(3(9)5(11)12)2(8)4(10)6(13)14;/h1-4,7-10H,(H,11,12)(H,13,14);/q;+2/p-2/t1-,2+,3+,4-;. The third kappa shape index (κ3) is 4.73. The van der Waals surface area contributed by atoms with Crippen molar-refractivity contribution in [1.82, 2.24) is 0 Å². The Bertz CT molecular complexity index is 207. The van der Waals surface area contributed by atoms with Crippen LogP contribution < -0.4 is 10.2 Å². The first kappa shape index (κ1) is 17.0. The fourth-order valence-electron chi connectivity index (χ4n) is 0.652. The molecule has 0 spiro atoms. The van der Waals surface area contributed by atoms with Gasteiger partial charge in [0.25, 0.3) is 0 Å². The number of aliphatic hydroxyl groups excluding tert-OH is 4. The predicted octanol–water partition coefficient (Wildman–Crippen LogP) is -6.45. The first-order valence-corrected chi connectivity index (χ1v) is 3.43. The van der Waals surface area contributed by atoms with Crippen LogP contribution in [-0.2, 0) is 9.59 Å². The maximum absolute atomic E-state index is 9.96. The molecule has 0 heterocycles. The summed E-state index contributed by atoms with van der Waals surface area (Å²) >= 11 is 0. The second-order valence-electron chi connectivity index (χ2n) is 2.51. The number of aliphatic carboxylic acids is 2. The number of carbonyl (C=O) groups is 2. The molecule has 0 amide bonds. The van der Waals surface area contributed by atoms with E-state index in [1.165, 1.54) is 0 Å². The van der Waals surface area contributed by atoms with Crippen molar-refractivity contribution in [3.8, 4) is 0 Å². The zero-order chi connectivity index (χ0) is 11.5. The van der Waals surface area contributed by atoms with Gasteiger partial charge in [-0.15, -0.1) is 0 Å². The van der Waals surface area contributed by atoms with E-state index >= 15 is 0 Å². The number of carboxylic acid groups (broad SMARTS) is 2. The molecule has 0 unspecified atom stereocenters. The summed E-state index contributed by atoms with van der Waals surface area (Å²) in [5.41, 5.74) is 0. The van der Waals surface area contributed by atoms with Gasteiger partial charge in [-0.25, -0.2) is 0 Å². The van der Waals surface area contributed by atoms with Crippen LogP contribution in [0.1, 0.15) is 0 Å². The molecule has 0 bridgehead atoms. The second kappa shape index (κ2) is 6.93. The second-order valence-corrected chi connectivity index (χ2v) is 2.51. The van der Waals surface area contributed by atoms with Crippen LogP contribution in [0.4, 0.5) is 0 Å². The fraction of sp³-hybridized carbons (Fsp3) is 0.667. The minimum Gasteiger partial charge on any atom is -0.547 e. The maximum atomic E-state index is 9.96. The number of rotatable bonds is 5. The summed E-state index contributed by atoms with van der Waals surface area (Å²) in [5, 5.41) is 54.7. The van der Waals surface area contributed by atoms with Crippen molar-refractivity contribution in [2.75, 3.05) is 0 Å². The van der Waals surface area contributed by atoms with E-state index in [0.29, 0.717) is 0 Å². The van der Waals surface area contributed by atoms with Crippen molar-refractivity contribution in [2.24, 2.45) is 0 Å². The van der Waals surface area contributed by atoms with Crippen LogP contribution in [0, 0.1) is 0 Å². The summed E-state index contributed by atoms with van der Waals surface area (Å²) in [6.07, 6.45) is -9.76. The zero-order valence-corrected chi connectivity index (χ0v) is 8.85. The summed E-state index contributed by atoms with van der Waals surface area (Å²) in [5.74, 6) is -4.22. The minimum atomic E-state index is -2.50. The van der Waals surface area contributed by atoms with E-state index in [0.717, 1.165) is 0 Å². The van der Waals surface area contributed by atoms with Gasteiger partial charge >= 0.3 is 23.1 Å². The third-order valence-electron chi connectivity index (χ3n) is 1.48. The van der Waals surface area contributed by atoms with E-state index in [1.54, 1.807) is 0 Å². The molecule has 0 aliphatic heterocycles. The Kier molecular flexibility index (Phi) is 7.83. The Morgan fingerprint density at radius 1 is 0.800 bits per heavy atom. The topological polar surface area (TPSA) is 161 Å². The Hall–Kier alpha value is -0.454. The molecule has 0 aliphatic carbocycles. The molecule has 82 valence electrons. The van der Waals surface area contributed by atoms with Crippen molar-refractivity contribution >= 4 is 35.0 Å². The van der Waals surface area contributed by atoms with Crippen molar-refractivity contribution in [3.63, 3.8) is 0 Å². The van der Waals surface area contributed by atoms with Crippen LogP contribution in [0.25, 0.3) is 0 Å². The normalized spacial score (nSPS) is 18.1. The van der Waals surface area contributed by atoms with Gasteiger partial charge in [0.1, 0.15) is 24.4 Å².